The Kier molecular flexibility index (Phi) is 7.60. The second kappa shape index (κ2) is 10.4. The number of β-lactam (4-membered cyclic amide) rings is 1. The minimum atomic E-state index is -0.786. The van der Waals surface area contributed by atoms with Gasteiger partial charge in [-0.2, -0.15) is 5.26 Å². The number of esters is 1. The van der Waals surface area contributed by atoms with Crippen LogP contribution in [0.25, 0.3) is 0 Å². The molecule has 2 aliphatic rings. The first kappa shape index (κ1) is 23.4. The Labute approximate surface area is 191 Å². The van der Waals surface area contributed by atoms with Gasteiger partial charge in [-0.1, -0.05) is 0 Å². The first-order valence-electron chi connectivity index (χ1n) is 9.23. The van der Waals surface area contributed by atoms with Gasteiger partial charge in [0.1, 0.15) is 23.8 Å². The van der Waals surface area contributed by atoms with Crippen molar-refractivity contribution in [3.05, 3.63) is 51.4 Å². The van der Waals surface area contributed by atoms with E-state index in [4.69, 9.17) is 14.7 Å². The van der Waals surface area contributed by atoms with Crippen LogP contribution in [0.3, 0.4) is 0 Å². The third kappa shape index (κ3) is 4.97. The zero-order chi connectivity index (χ0) is 23.3. The topological polar surface area (TPSA) is 152 Å². The molecule has 11 nitrogen and oxygen atoms in total. The van der Waals surface area contributed by atoms with E-state index in [1.165, 1.54) is 48.0 Å². The lowest BCUT2D eigenvalue weighted by Gasteiger charge is -2.49. The molecule has 0 spiro atoms. The van der Waals surface area contributed by atoms with Crippen molar-refractivity contribution in [3.8, 4) is 6.07 Å². The Morgan fingerprint density at radius 3 is 2.75 bits per heavy atom. The van der Waals surface area contributed by atoms with Crippen LogP contribution in [-0.2, 0) is 30.5 Å². The Bertz CT molecular complexity index is 1010. The number of nitriles is 1. The largest absolute Gasteiger partial charge is 0.498 e. The first-order valence-corrected chi connectivity index (χ1v) is 11.4. The summed E-state index contributed by atoms with van der Waals surface area (Å²) in [6.07, 6.45) is 0. The van der Waals surface area contributed by atoms with Gasteiger partial charge in [0.25, 0.3) is 11.6 Å². The molecule has 1 unspecified atom stereocenters. The molecule has 3 rings (SSSR count). The van der Waals surface area contributed by atoms with Gasteiger partial charge >= 0.3 is 5.97 Å². The number of rotatable bonds is 9. The van der Waals surface area contributed by atoms with Crippen molar-refractivity contribution in [1.82, 2.24) is 10.2 Å². The fourth-order valence-corrected chi connectivity index (χ4v) is 4.85. The van der Waals surface area contributed by atoms with Gasteiger partial charge < -0.3 is 14.8 Å². The van der Waals surface area contributed by atoms with Crippen molar-refractivity contribution >= 4 is 47.0 Å². The molecule has 32 heavy (non-hydrogen) atoms. The third-order valence-electron chi connectivity index (χ3n) is 4.61. The maximum absolute atomic E-state index is 12.8. The van der Waals surface area contributed by atoms with Crippen LogP contribution in [0.2, 0.25) is 0 Å². The van der Waals surface area contributed by atoms with Crippen LogP contribution < -0.4 is 5.32 Å². The smallest absolute Gasteiger partial charge is 0.358 e. The number of ether oxygens (including phenoxy) is 2. The van der Waals surface area contributed by atoms with Crippen LogP contribution in [-0.4, -0.2) is 63.4 Å². The number of nitrogens with zero attached hydrogens (tertiary/aromatic N) is 3. The van der Waals surface area contributed by atoms with E-state index in [9.17, 15) is 24.5 Å². The Hall–Kier alpha value is -3.24. The van der Waals surface area contributed by atoms with Crippen LogP contribution in [0.15, 0.2) is 35.7 Å². The number of benzene rings is 1. The normalized spacial score (nSPS) is 19.4. The number of hydrogen-bond acceptors (Lipinski definition) is 10. The quantitative estimate of drug-likeness (QED) is 0.180. The summed E-state index contributed by atoms with van der Waals surface area (Å²) in [5, 5.41) is 21.4. The van der Waals surface area contributed by atoms with Crippen molar-refractivity contribution in [1.29, 1.82) is 5.26 Å². The van der Waals surface area contributed by atoms with E-state index in [0.717, 1.165) is 11.8 Å². The molecule has 1 aromatic rings. The molecule has 0 saturated carbocycles. The highest BCUT2D eigenvalue weighted by molar-refractivity contribution is 8.00. The average molecular weight is 479 g/mol. The van der Waals surface area contributed by atoms with Gasteiger partial charge in [0, 0.05) is 12.1 Å². The van der Waals surface area contributed by atoms with Crippen LogP contribution in [0.4, 0.5) is 5.69 Å². The molecule has 168 valence electrons. The number of amides is 2. The number of hydrogen-bond donors (Lipinski definition) is 1. The summed E-state index contributed by atoms with van der Waals surface area (Å²) in [6.45, 7) is -0.145. The highest BCUT2D eigenvalue weighted by Crippen LogP contribution is 2.40. The van der Waals surface area contributed by atoms with Gasteiger partial charge in [-0.25, -0.2) is 4.79 Å². The summed E-state index contributed by atoms with van der Waals surface area (Å²) in [5.41, 5.74) is 0.439. The average Bonchev–Trinajstić information content (AvgIpc) is 2.80. The van der Waals surface area contributed by atoms with E-state index < -0.39 is 28.2 Å². The number of nitrogens with one attached hydrogen (secondary N) is 1. The lowest BCUT2D eigenvalue weighted by Crippen LogP contribution is -2.70. The molecule has 1 N–H and O–H groups in total. The number of carbonyl (C=O) groups is 3. The number of non-ortho nitro benzene ring substituents is 1. The molecular formula is C19H18N4O7S2. The Morgan fingerprint density at radius 1 is 1.41 bits per heavy atom. The minimum Gasteiger partial charge on any atom is -0.498 e. The maximum Gasteiger partial charge on any atom is 0.358 e. The third-order valence-corrected chi connectivity index (χ3v) is 6.66. The van der Waals surface area contributed by atoms with E-state index in [2.05, 4.69) is 5.32 Å². The highest BCUT2D eigenvalue weighted by atomic mass is 32.2. The summed E-state index contributed by atoms with van der Waals surface area (Å²) in [7, 11) is 1.38. The summed E-state index contributed by atoms with van der Waals surface area (Å²) >= 11 is 2.48. The van der Waals surface area contributed by atoms with Gasteiger partial charge in [-0.05, 0) is 17.7 Å². The second-order valence-electron chi connectivity index (χ2n) is 6.58. The Morgan fingerprint density at radius 2 is 2.12 bits per heavy atom. The molecule has 0 radical (unpaired) electrons. The first-order chi connectivity index (χ1) is 15.4. The monoisotopic (exact) mass is 478 g/mol. The SMILES string of the molecule is COC1=C(C(=O)OCc2ccc([N+](=O)[O-])cc2)N2C(=O)C(NC(=O)CSCC#N)[C@H]2SC1. The van der Waals surface area contributed by atoms with Crippen LogP contribution in [0, 0.1) is 21.4 Å². The van der Waals surface area contributed by atoms with Crippen molar-refractivity contribution < 1.29 is 28.8 Å². The van der Waals surface area contributed by atoms with Crippen molar-refractivity contribution in [3.63, 3.8) is 0 Å². The summed E-state index contributed by atoms with van der Waals surface area (Å²) in [4.78, 5) is 48.9. The van der Waals surface area contributed by atoms with E-state index in [-0.39, 0.29) is 41.2 Å². The number of fused-ring (bicyclic) bond motifs is 1. The lowest BCUT2D eigenvalue weighted by molar-refractivity contribution is -0.384. The lowest BCUT2D eigenvalue weighted by atomic mass is 10.0. The second-order valence-corrected chi connectivity index (χ2v) is 8.67. The standard InChI is InChI=1S/C19H18N4O7S2/c1-29-13-9-32-18-15(21-14(24)10-31-7-6-20)17(25)22(18)16(13)19(26)30-8-11-2-4-12(5-3-11)23(27)28/h2-5,15,18H,7-10H2,1H3,(H,21,24)/t15?,18-/m1/s1. The van der Waals surface area contributed by atoms with Gasteiger partial charge in [0.15, 0.2) is 5.70 Å². The Balaban J connectivity index is 1.65. The fraction of sp³-hybridized carbons (Fsp3) is 0.368. The number of nitro groups is 1. The fourth-order valence-electron chi connectivity index (χ4n) is 3.07. The van der Waals surface area contributed by atoms with Gasteiger partial charge in [0.05, 0.1) is 35.4 Å². The summed E-state index contributed by atoms with van der Waals surface area (Å²) < 4.78 is 10.6. The molecule has 2 amide bonds. The number of nitro benzene ring substituents is 1. The molecule has 1 aromatic carbocycles. The van der Waals surface area contributed by atoms with Crippen LogP contribution in [0.1, 0.15) is 5.56 Å². The molecule has 0 aliphatic carbocycles. The predicted molar refractivity (Wildman–Crippen MR) is 115 cm³/mol. The molecule has 2 aliphatic heterocycles. The van der Waals surface area contributed by atoms with E-state index in [0.29, 0.717) is 11.3 Å². The molecule has 13 heteroatoms. The predicted octanol–water partition coefficient (Wildman–Crippen LogP) is 1.15. The van der Waals surface area contributed by atoms with E-state index in [1.54, 1.807) is 0 Å². The number of carbonyl (C=O) groups excluding carboxylic acids is 3. The molecule has 1 saturated heterocycles. The van der Waals surface area contributed by atoms with Crippen LogP contribution >= 0.6 is 23.5 Å². The highest BCUT2D eigenvalue weighted by Gasteiger charge is 2.55. The van der Waals surface area contributed by atoms with Gasteiger partial charge in [-0.3, -0.25) is 24.6 Å². The van der Waals surface area contributed by atoms with Crippen molar-refractivity contribution in [2.24, 2.45) is 0 Å². The van der Waals surface area contributed by atoms with Gasteiger partial charge in [0.2, 0.25) is 5.91 Å². The molecule has 2 heterocycles. The molecule has 2 atom stereocenters. The molecule has 1 fully saturated rings. The van der Waals surface area contributed by atoms with Crippen LogP contribution in [0.5, 0.6) is 0 Å². The maximum atomic E-state index is 12.8. The number of thioether (sulfide) groups is 2. The molecular weight excluding hydrogens is 460 g/mol. The number of methoxy groups -OCH3 is 1. The zero-order valence-corrected chi connectivity index (χ0v) is 18.4. The summed E-state index contributed by atoms with van der Waals surface area (Å²) in [5.74, 6) is -0.789. The summed E-state index contributed by atoms with van der Waals surface area (Å²) in [6, 6.07) is 6.69. The minimum absolute atomic E-state index is 0.0208. The van der Waals surface area contributed by atoms with Crippen molar-refractivity contribution in [2.45, 2.75) is 18.0 Å². The van der Waals surface area contributed by atoms with Crippen molar-refractivity contribution in [2.75, 3.05) is 24.4 Å². The van der Waals surface area contributed by atoms with E-state index in [1.807, 2.05) is 6.07 Å². The van der Waals surface area contributed by atoms with E-state index >= 15 is 0 Å². The molecule has 0 bridgehead atoms. The zero-order valence-electron chi connectivity index (χ0n) is 16.8. The van der Waals surface area contributed by atoms with Gasteiger partial charge in [-0.15, -0.1) is 23.5 Å². The molecule has 0 aromatic heterocycles.